The van der Waals surface area contributed by atoms with E-state index in [-0.39, 0.29) is 0 Å². The van der Waals surface area contributed by atoms with E-state index in [4.69, 9.17) is 9.05 Å². The molecule has 3 aromatic carbocycles. The normalized spacial score (nSPS) is 14.4. The molecule has 0 spiro atoms. The predicted molar refractivity (Wildman–Crippen MR) is 147 cm³/mol. The highest BCUT2D eigenvalue weighted by Crippen LogP contribution is 2.63. The Labute approximate surface area is 206 Å². The lowest BCUT2D eigenvalue weighted by Crippen LogP contribution is -2.68. The molecule has 1 saturated heterocycles. The van der Waals surface area contributed by atoms with Crippen LogP contribution in [0.25, 0.3) is 0 Å². The van der Waals surface area contributed by atoms with Gasteiger partial charge in [0.1, 0.15) is 0 Å². The van der Waals surface area contributed by atoms with Crippen molar-refractivity contribution < 1.29 is 13.6 Å². The third-order valence-corrected chi connectivity index (χ3v) is 17.3. The Hall–Kier alpha value is -1.53. The van der Waals surface area contributed by atoms with Gasteiger partial charge in [-0.3, -0.25) is 4.57 Å². The van der Waals surface area contributed by atoms with Crippen molar-refractivity contribution in [1.82, 2.24) is 0 Å². The zero-order valence-electron chi connectivity index (χ0n) is 19.0. The highest BCUT2D eigenvalue weighted by Gasteiger charge is 2.53. The van der Waals surface area contributed by atoms with Gasteiger partial charge < -0.3 is 9.05 Å². The molecule has 0 unspecified atom stereocenters. The first-order valence-electron chi connectivity index (χ1n) is 11.2. The Bertz CT molecular complexity index is 1010. The van der Waals surface area contributed by atoms with E-state index in [9.17, 15) is 4.57 Å². The average Bonchev–Trinajstić information content (AvgIpc) is 3.38. The number of thioether (sulfide) groups is 2. The van der Waals surface area contributed by atoms with Crippen LogP contribution in [0, 0.1) is 0 Å². The van der Waals surface area contributed by atoms with Gasteiger partial charge in [-0.25, -0.2) is 0 Å². The van der Waals surface area contributed by atoms with Crippen LogP contribution in [0.15, 0.2) is 100 Å². The van der Waals surface area contributed by atoms with E-state index in [2.05, 4.69) is 72.8 Å². The molecule has 1 aliphatic heterocycles. The summed E-state index contributed by atoms with van der Waals surface area (Å²) in [5.74, 6) is 1.98. The Morgan fingerprint density at radius 2 is 1.09 bits per heavy atom. The maximum absolute atomic E-state index is 14.8. The van der Waals surface area contributed by atoms with Crippen molar-refractivity contribution in [2.45, 2.75) is 13.8 Å². The van der Waals surface area contributed by atoms with E-state index < -0.39 is 15.7 Å². The van der Waals surface area contributed by atoms with Gasteiger partial charge in [-0.15, -0.1) is 23.5 Å². The Kier molecular flexibility index (Phi) is 8.39. The van der Waals surface area contributed by atoms with Crippen LogP contribution >= 0.6 is 31.1 Å². The number of benzene rings is 3. The van der Waals surface area contributed by atoms with Crippen LogP contribution in [0.4, 0.5) is 0 Å². The zero-order valence-corrected chi connectivity index (χ0v) is 22.5. The third kappa shape index (κ3) is 4.83. The molecule has 33 heavy (non-hydrogen) atoms. The van der Waals surface area contributed by atoms with E-state index in [1.165, 1.54) is 15.6 Å². The van der Waals surface area contributed by atoms with Crippen molar-refractivity contribution in [3.8, 4) is 0 Å². The van der Waals surface area contributed by atoms with Crippen LogP contribution in [-0.4, -0.2) is 32.8 Å². The van der Waals surface area contributed by atoms with Crippen LogP contribution in [0.1, 0.15) is 13.8 Å². The molecule has 0 atom stereocenters. The predicted octanol–water partition coefficient (Wildman–Crippen LogP) is 5.61. The zero-order chi connectivity index (χ0) is 23.2. The van der Waals surface area contributed by atoms with Gasteiger partial charge in [-0.05, 0) is 29.4 Å². The minimum Gasteiger partial charge on any atom is -0.306 e. The number of hydrogen-bond donors (Lipinski definition) is 0. The van der Waals surface area contributed by atoms with Gasteiger partial charge >= 0.3 is 7.60 Å². The van der Waals surface area contributed by atoms with Gasteiger partial charge in [0.2, 0.25) is 0 Å². The molecule has 1 aliphatic rings. The van der Waals surface area contributed by atoms with Crippen LogP contribution in [-0.2, 0) is 13.6 Å². The van der Waals surface area contributed by atoms with Crippen LogP contribution < -0.4 is 15.6 Å². The Morgan fingerprint density at radius 1 is 0.727 bits per heavy atom. The molecule has 0 saturated carbocycles. The van der Waals surface area contributed by atoms with Gasteiger partial charge in [-0.1, -0.05) is 91.0 Å². The standard InChI is InChI=1S/C26H29O3PS2Si/c1-3-28-30(27,29-4-2)25(26-31-20-21-32-26)33(22-14-8-5-9-15-22,23-16-10-6-11-17-23)24-18-12-7-13-19-24/h5-19H,3-4,20-21H2,1-2H3. The SMILES string of the molecule is CCOP(=O)(OCC)C(=C1SCCS1)[Si](c1ccccc1)(c1ccccc1)c1ccccc1. The monoisotopic (exact) mass is 512 g/mol. The van der Waals surface area contributed by atoms with Crippen molar-refractivity contribution in [2.75, 3.05) is 24.7 Å². The highest BCUT2D eigenvalue weighted by molar-refractivity contribution is 8.25. The van der Waals surface area contributed by atoms with E-state index in [0.29, 0.717) is 13.2 Å². The summed E-state index contributed by atoms with van der Waals surface area (Å²) < 4.78 is 28.1. The second-order valence-electron chi connectivity index (χ2n) is 7.51. The molecular formula is C26H29O3PS2Si. The Morgan fingerprint density at radius 3 is 1.42 bits per heavy atom. The molecule has 1 fully saturated rings. The third-order valence-electron chi connectivity index (χ3n) is 5.59. The maximum Gasteiger partial charge on any atom is 0.356 e. The molecule has 3 nitrogen and oxygen atoms in total. The number of rotatable bonds is 9. The lowest BCUT2D eigenvalue weighted by molar-refractivity contribution is 0.228. The molecular weight excluding hydrogens is 483 g/mol. The lowest BCUT2D eigenvalue weighted by atomic mass is 10.3. The number of hydrogen-bond acceptors (Lipinski definition) is 5. The average molecular weight is 513 g/mol. The summed E-state index contributed by atoms with van der Waals surface area (Å²) in [4.78, 5) is 0.870. The quantitative estimate of drug-likeness (QED) is 0.212. The minimum atomic E-state index is -3.60. The summed E-state index contributed by atoms with van der Waals surface area (Å²) in [5, 5.41) is 3.54. The van der Waals surface area contributed by atoms with Crippen LogP contribution in [0.2, 0.25) is 0 Å². The molecule has 172 valence electrons. The van der Waals surface area contributed by atoms with Gasteiger partial charge in [0, 0.05) is 15.7 Å². The largest absolute Gasteiger partial charge is 0.356 e. The second-order valence-corrected chi connectivity index (χ2v) is 16.1. The van der Waals surface area contributed by atoms with E-state index in [0.717, 1.165) is 20.7 Å². The highest BCUT2D eigenvalue weighted by atomic mass is 32.2. The maximum atomic E-state index is 14.8. The van der Waals surface area contributed by atoms with Crippen molar-refractivity contribution >= 4 is 54.8 Å². The molecule has 0 N–H and O–H groups in total. The molecule has 7 heteroatoms. The summed E-state index contributed by atoms with van der Waals surface area (Å²) >= 11 is 3.57. The van der Waals surface area contributed by atoms with E-state index in [1.807, 2.05) is 32.0 Å². The first kappa shape index (κ1) is 24.6. The fourth-order valence-electron chi connectivity index (χ4n) is 4.40. The first-order valence-corrected chi connectivity index (χ1v) is 16.7. The molecule has 3 aromatic rings. The van der Waals surface area contributed by atoms with Crippen LogP contribution in [0.3, 0.4) is 0 Å². The van der Waals surface area contributed by atoms with E-state index in [1.54, 1.807) is 23.5 Å². The molecule has 0 bridgehead atoms. The topological polar surface area (TPSA) is 35.5 Å². The van der Waals surface area contributed by atoms with Crippen molar-refractivity contribution in [1.29, 1.82) is 0 Å². The smallest absolute Gasteiger partial charge is 0.306 e. The molecule has 4 rings (SSSR count). The summed E-state index contributed by atoms with van der Waals surface area (Å²) in [6.07, 6.45) is 0. The van der Waals surface area contributed by atoms with Crippen molar-refractivity contribution in [3.05, 3.63) is 100 Å². The van der Waals surface area contributed by atoms with Gasteiger partial charge in [0.25, 0.3) is 0 Å². The van der Waals surface area contributed by atoms with Gasteiger partial charge in [0.15, 0.2) is 8.07 Å². The summed E-state index contributed by atoms with van der Waals surface area (Å²) in [5.41, 5.74) is 0. The van der Waals surface area contributed by atoms with E-state index >= 15 is 0 Å². The molecule has 0 radical (unpaired) electrons. The molecule has 0 amide bonds. The first-order chi connectivity index (χ1) is 16.2. The fraction of sp³-hybridized carbons (Fsp3) is 0.231. The summed E-state index contributed by atoms with van der Waals surface area (Å²) in [6.45, 7) is 4.43. The summed E-state index contributed by atoms with van der Waals surface area (Å²) in [7, 11) is -6.60. The summed E-state index contributed by atoms with van der Waals surface area (Å²) in [6, 6.07) is 31.6. The van der Waals surface area contributed by atoms with Crippen molar-refractivity contribution in [3.63, 3.8) is 0 Å². The Balaban J connectivity index is 2.19. The molecule has 0 aromatic heterocycles. The lowest BCUT2D eigenvalue weighted by Gasteiger charge is -2.39. The van der Waals surface area contributed by atoms with Gasteiger partial charge in [0.05, 0.1) is 18.2 Å². The van der Waals surface area contributed by atoms with Crippen molar-refractivity contribution in [2.24, 2.45) is 0 Å². The molecule has 1 heterocycles. The second kappa shape index (κ2) is 11.3. The fourth-order valence-corrected chi connectivity index (χ4v) is 17.6. The van der Waals surface area contributed by atoms with Gasteiger partial charge in [-0.2, -0.15) is 0 Å². The minimum absolute atomic E-state index is 0.326. The van der Waals surface area contributed by atoms with Crippen LogP contribution in [0.5, 0.6) is 0 Å². The molecule has 0 aliphatic carbocycles.